The third-order valence-corrected chi connectivity index (χ3v) is 3.58. The van der Waals surface area contributed by atoms with E-state index in [1.807, 2.05) is 0 Å². The fourth-order valence-corrected chi connectivity index (χ4v) is 2.46. The zero-order valence-corrected chi connectivity index (χ0v) is 11.5. The number of aromatic hydroxyl groups is 2. The molecular weight excluding hydrogens is 278 g/mol. The molecule has 7 nitrogen and oxygen atoms in total. The van der Waals surface area contributed by atoms with Crippen LogP contribution in [0.5, 0.6) is 11.5 Å². The van der Waals surface area contributed by atoms with Gasteiger partial charge in [0, 0.05) is 6.54 Å². The van der Waals surface area contributed by atoms with E-state index in [1.54, 1.807) is 6.92 Å². The van der Waals surface area contributed by atoms with E-state index in [0.717, 1.165) is 6.07 Å². The number of phenolic OH excluding ortho intramolecular Hbond substituents is 2. The Hall–Kier alpha value is -2.28. The number of likely N-dealkylation sites (N-methyl/N-ethyl adjacent to an activating group) is 1. The molecule has 3 N–H and O–H groups in total. The largest absolute Gasteiger partial charge is 0.508 e. The van der Waals surface area contributed by atoms with Crippen molar-refractivity contribution in [3.05, 3.63) is 23.8 Å². The van der Waals surface area contributed by atoms with Crippen molar-refractivity contribution in [2.24, 2.45) is 5.92 Å². The first-order valence-electron chi connectivity index (χ1n) is 6.59. The first-order valence-corrected chi connectivity index (χ1v) is 6.59. The number of aliphatic carboxylic acids is 1. The lowest BCUT2D eigenvalue weighted by atomic mass is 10.0. The van der Waals surface area contributed by atoms with Crippen LogP contribution in [0.25, 0.3) is 0 Å². The minimum Gasteiger partial charge on any atom is -0.508 e. The number of ether oxygens (including phenoxy) is 1. The van der Waals surface area contributed by atoms with Gasteiger partial charge >= 0.3 is 5.97 Å². The topological polar surface area (TPSA) is 107 Å². The van der Waals surface area contributed by atoms with Crippen LogP contribution in [0.1, 0.15) is 17.3 Å². The number of rotatable bonds is 4. The van der Waals surface area contributed by atoms with Crippen LogP contribution >= 0.6 is 0 Å². The fourth-order valence-electron chi connectivity index (χ4n) is 2.46. The Kier molecular flexibility index (Phi) is 4.32. The molecule has 0 saturated carbocycles. The zero-order valence-electron chi connectivity index (χ0n) is 11.5. The van der Waals surface area contributed by atoms with Crippen LogP contribution < -0.4 is 0 Å². The summed E-state index contributed by atoms with van der Waals surface area (Å²) < 4.78 is 5.17. The van der Waals surface area contributed by atoms with Crippen molar-refractivity contribution >= 4 is 11.9 Å². The summed E-state index contributed by atoms with van der Waals surface area (Å²) in [5, 5.41) is 28.4. The summed E-state index contributed by atoms with van der Waals surface area (Å²) in [5.74, 6) is -2.77. The lowest BCUT2D eigenvalue weighted by molar-refractivity contribution is -0.142. The molecule has 1 aliphatic rings. The van der Waals surface area contributed by atoms with Crippen molar-refractivity contribution in [1.82, 2.24) is 4.90 Å². The van der Waals surface area contributed by atoms with E-state index in [4.69, 9.17) is 4.74 Å². The Labute approximate surface area is 121 Å². The minimum absolute atomic E-state index is 0.0514. The number of amides is 1. The van der Waals surface area contributed by atoms with Gasteiger partial charge in [-0.15, -0.1) is 0 Å². The number of carboxylic acids is 1. The van der Waals surface area contributed by atoms with E-state index in [-0.39, 0.29) is 36.8 Å². The number of carboxylic acid groups (broad SMARTS) is 1. The van der Waals surface area contributed by atoms with Crippen LogP contribution in [0.3, 0.4) is 0 Å². The van der Waals surface area contributed by atoms with Crippen LogP contribution in [0, 0.1) is 5.92 Å². The fraction of sp³-hybridized carbons (Fsp3) is 0.429. The number of phenols is 2. The van der Waals surface area contributed by atoms with Crippen LogP contribution in [0.4, 0.5) is 0 Å². The van der Waals surface area contributed by atoms with Gasteiger partial charge in [-0.2, -0.15) is 0 Å². The molecule has 2 atom stereocenters. The molecule has 114 valence electrons. The van der Waals surface area contributed by atoms with Gasteiger partial charge in [0.1, 0.15) is 17.4 Å². The average Bonchev–Trinajstić information content (AvgIpc) is 2.91. The number of nitrogens with zero attached hydrogens (tertiary/aromatic N) is 1. The molecule has 2 unspecified atom stereocenters. The highest BCUT2D eigenvalue weighted by Gasteiger charge is 2.40. The third kappa shape index (κ3) is 2.92. The summed E-state index contributed by atoms with van der Waals surface area (Å²) in [5.41, 5.74) is -0.0621. The Morgan fingerprint density at radius 3 is 2.67 bits per heavy atom. The van der Waals surface area contributed by atoms with Crippen molar-refractivity contribution in [2.75, 3.05) is 19.8 Å². The average molecular weight is 295 g/mol. The van der Waals surface area contributed by atoms with Gasteiger partial charge in [-0.05, 0) is 25.1 Å². The smallest absolute Gasteiger partial charge is 0.311 e. The SMILES string of the molecule is CCN(C(=O)c1cc(O)ccc1O)C1COCC1C(=O)O. The second-order valence-corrected chi connectivity index (χ2v) is 4.84. The standard InChI is InChI=1S/C14H17NO6/c1-2-15(11-7-21-6-10(11)14(19)20)13(18)9-5-8(16)3-4-12(9)17/h3-5,10-11,16-17H,2,6-7H2,1H3,(H,19,20). The van der Waals surface area contributed by atoms with E-state index in [0.29, 0.717) is 0 Å². The van der Waals surface area contributed by atoms with Crippen molar-refractivity contribution in [3.63, 3.8) is 0 Å². The normalized spacial score (nSPS) is 21.2. The highest BCUT2D eigenvalue weighted by atomic mass is 16.5. The lowest BCUT2D eigenvalue weighted by Gasteiger charge is -2.29. The molecule has 21 heavy (non-hydrogen) atoms. The molecule has 0 aromatic heterocycles. The van der Waals surface area contributed by atoms with Crippen molar-refractivity contribution in [1.29, 1.82) is 0 Å². The summed E-state index contributed by atoms with van der Waals surface area (Å²) in [7, 11) is 0. The van der Waals surface area contributed by atoms with E-state index in [1.165, 1.54) is 17.0 Å². The molecule has 1 aromatic carbocycles. The molecule has 1 aromatic rings. The molecule has 2 rings (SSSR count). The van der Waals surface area contributed by atoms with E-state index in [2.05, 4.69) is 0 Å². The molecule has 0 aliphatic carbocycles. The summed E-state index contributed by atoms with van der Waals surface area (Å²) in [4.78, 5) is 25.1. The summed E-state index contributed by atoms with van der Waals surface area (Å²) in [6, 6.07) is 3.05. The molecule has 1 heterocycles. The van der Waals surface area contributed by atoms with Crippen molar-refractivity contribution in [2.45, 2.75) is 13.0 Å². The highest BCUT2D eigenvalue weighted by Crippen LogP contribution is 2.27. The molecule has 0 spiro atoms. The summed E-state index contributed by atoms with van der Waals surface area (Å²) in [6.07, 6.45) is 0. The number of benzene rings is 1. The Morgan fingerprint density at radius 1 is 1.33 bits per heavy atom. The molecule has 1 aliphatic heterocycles. The van der Waals surface area contributed by atoms with Gasteiger partial charge in [0.2, 0.25) is 0 Å². The lowest BCUT2D eigenvalue weighted by Crippen LogP contribution is -2.46. The van der Waals surface area contributed by atoms with Crippen LogP contribution in [-0.2, 0) is 9.53 Å². The monoisotopic (exact) mass is 295 g/mol. The molecule has 1 amide bonds. The molecule has 1 fully saturated rings. The van der Waals surface area contributed by atoms with E-state index in [9.17, 15) is 24.9 Å². The number of hydrogen-bond donors (Lipinski definition) is 3. The predicted molar refractivity (Wildman–Crippen MR) is 72.2 cm³/mol. The van der Waals surface area contributed by atoms with Crippen LogP contribution in [0.2, 0.25) is 0 Å². The first kappa shape index (κ1) is 15.1. The van der Waals surface area contributed by atoms with E-state index < -0.39 is 23.8 Å². The maximum atomic E-state index is 12.5. The second kappa shape index (κ2) is 6.01. The zero-order chi connectivity index (χ0) is 15.6. The molecular formula is C14H17NO6. The Morgan fingerprint density at radius 2 is 2.05 bits per heavy atom. The van der Waals surface area contributed by atoms with Gasteiger partial charge in [0.05, 0.1) is 24.8 Å². The Balaban J connectivity index is 2.30. The van der Waals surface area contributed by atoms with Gasteiger partial charge in [-0.1, -0.05) is 0 Å². The quantitative estimate of drug-likeness (QED) is 0.704. The first-order chi connectivity index (χ1) is 9.95. The second-order valence-electron chi connectivity index (χ2n) is 4.84. The Bertz CT molecular complexity index is 558. The van der Waals surface area contributed by atoms with Crippen molar-refractivity contribution in [3.8, 4) is 11.5 Å². The van der Waals surface area contributed by atoms with E-state index >= 15 is 0 Å². The summed E-state index contributed by atoms with van der Waals surface area (Å²) in [6.45, 7) is 2.17. The van der Waals surface area contributed by atoms with Gasteiger partial charge in [-0.3, -0.25) is 9.59 Å². The minimum atomic E-state index is -1.02. The molecule has 1 saturated heterocycles. The van der Waals surface area contributed by atoms with Crippen LogP contribution in [0.15, 0.2) is 18.2 Å². The highest BCUT2D eigenvalue weighted by molar-refractivity contribution is 5.97. The molecule has 0 radical (unpaired) electrons. The summed E-state index contributed by atoms with van der Waals surface area (Å²) >= 11 is 0. The predicted octanol–water partition coefficient (Wildman–Crippen LogP) is 0.659. The third-order valence-electron chi connectivity index (χ3n) is 3.58. The van der Waals surface area contributed by atoms with Gasteiger partial charge in [-0.25, -0.2) is 0 Å². The number of carbonyl (C=O) groups is 2. The molecule has 0 bridgehead atoms. The van der Waals surface area contributed by atoms with Crippen molar-refractivity contribution < 1.29 is 29.6 Å². The molecule has 7 heteroatoms. The van der Waals surface area contributed by atoms with Gasteiger partial charge in [0.25, 0.3) is 5.91 Å². The van der Waals surface area contributed by atoms with Crippen LogP contribution in [-0.4, -0.2) is 57.9 Å². The number of hydrogen-bond acceptors (Lipinski definition) is 5. The van der Waals surface area contributed by atoms with Gasteiger partial charge < -0.3 is 25.0 Å². The van der Waals surface area contributed by atoms with Gasteiger partial charge in [0.15, 0.2) is 0 Å². The number of carbonyl (C=O) groups excluding carboxylic acids is 1. The maximum Gasteiger partial charge on any atom is 0.311 e. The maximum absolute atomic E-state index is 12.5.